The number of rotatable bonds is 3. The molecule has 16 heavy (non-hydrogen) atoms. The molecule has 0 radical (unpaired) electrons. The van der Waals surface area contributed by atoms with Gasteiger partial charge in [0.15, 0.2) is 9.84 Å². The zero-order chi connectivity index (χ0) is 11.8. The number of halogens is 1. The molecule has 0 saturated carbocycles. The standard InChI is InChI=1S/C11H12BrNO2S/c1-16(14,15)11(10-5-6-13-10)8-3-2-4-9(12)7-8/h2-4,7,11H,5-6H2,1H3. The summed E-state index contributed by atoms with van der Waals surface area (Å²) in [5, 5.41) is -0.571. The Kier molecular flexibility index (Phi) is 3.17. The molecule has 0 spiro atoms. The van der Waals surface area contributed by atoms with Gasteiger partial charge in [-0.15, -0.1) is 0 Å². The van der Waals surface area contributed by atoms with Gasteiger partial charge in [-0.25, -0.2) is 8.42 Å². The van der Waals surface area contributed by atoms with Crippen LogP contribution >= 0.6 is 15.9 Å². The van der Waals surface area contributed by atoms with Gasteiger partial charge in [0.25, 0.3) is 0 Å². The predicted octanol–water partition coefficient (Wildman–Crippen LogP) is 2.38. The predicted molar refractivity (Wildman–Crippen MR) is 68.6 cm³/mol. The first kappa shape index (κ1) is 11.8. The molecule has 1 heterocycles. The summed E-state index contributed by atoms with van der Waals surface area (Å²) < 4.78 is 24.5. The van der Waals surface area contributed by atoms with Gasteiger partial charge in [0.05, 0.1) is 0 Å². The number of hydrogen-bond acceptors (Lipinski definition) is 3. The first-order valence-corrected chi connectivity index (χ1v) is 7.71. The van der Waals surface area contributed by atoms with Crippen molar-refractivity contribution in [2.75, 3.05) is 12.8 Å². The van der Waals surface area contributed by atoms with E-state index < -0.39 is 15.1 Å². The zero-order valence-corrected chi connectivity index (χ0v) is 11.3. The summed E-state index contributed by atoms with van der Waals surface area (Å²) in [5.74, 6) is 0. The Morgan fingerprint density at radius 3 is 2.56 bits per heavy atom. The van der Waals surface area contributed by atoms with Crippen molar-refractivity contribution in [1.29, 1.82) is 0 Å². The van der Waals surface area contributed by atoms with Crippen LogP contribution in [0.4, 0.5) is 0 Å². The van der Waals surface area contributed by atoms with E-state index in [1.807, 2.05) is 24.3 Å². The first-order chi connectivity index (χ1) is 7.48. The maximum Gasteiger partial charge on any atom is 0.159 e. The molecule has 0 aromatic heterocycles. The average Bonchev–Trinajstić information content (AvgIpc) is 2.08. The Hall–Kier alpha value is -0.680. The lowest BCUT2D eigenvalue weighted by Crippen LogP contribution is -2.27. The molecule has 1 unspecified atom stereocenters. The molecule has 0 saturated heterocycles. The monoisotopic (exact) mass is 301 g/mol. The van der Waals surface area contributed by atoms with Crippen molar-refractivity contribution in [2.24, 2.45) is 4.99 Å². The molecule has 0 bridgehead atoms. The van der Waals surface area contributed by atoms with Crippen molar-refractivity contribution in [3.8, 4) is 0 Å². The van der Waals surface area contributed by atoms with Gasteiger partial charge in [-0.1, -0.05) is 28.1 Å². The molecule has 5 heteroatoms. The van der Waals surface area contributed by atoms with E-state index in [0.717, 1.165) is 28.7 Å². The third-order valence-corrected chi connectivity index (χ3v) is 4.46. The third kappa shape index (κ3) is 2.35. The van der Waals surface area contributed by atoms with Crippen LogP contribution in [0.1, 0.15) is 17.2 Å². The molecule has 1 aromatic carbocycles. The maximum absolute atomic E-state index is 11.8. The van der Waals surface area contributed by atoms with E-state index in [1.165, 1.54) is 6.26 Å². The van der Waals surface area contributed by atoms with Crippen LogP contribution in [0.5, 0.6) is 0 Å². The van der Waals surface area contributed by atoms with Crippen LogP contribution in [-0.4, -0.2) is 26.9 Å². The van der Waals surface area contributed by atoms with Gasteiger partial charge in [0.1, 0.15) is 5.25 Å². The summed E-state index contributed by atoms with van der Waals surface area (Å²) in [5.41, 5.74) is 1.57. The molecule has 0 aliphatic carbocycles. The average molecular weight is 302 g/mol. The third-order valence-electron chi connectivity index (χ3n) is 2.57. The minimum atomic E-state index is -3.15. The van der Waals surface area contributed by atoms with Crippen LogP contribution in [0.15, 0.2) is 33.7 Å². The smallest absolute Gasteiger partial charge is 0.159 e. The van der Waals surface area contributed by atoms with Crippen molar-refractivity contribution in [3.05, 3.63) is 34.3 Å². The van der Waals surface area contributed by atoms with Gasteiger partial charge < -0.3 is 0 Å². The number of sulfone groups is 1. The van der Waals surface area contributed by atoms with E-state index in [4.69, 9.17) is 0 Å². The number of hydrogen-bond donors (Lipinski definition) is 0. The van der Waals surface area contributed by atoms with Crippen molar-refractivity contribution < 1.29 is 8.42 Å². The first-order valence-electron chi connectivity index (χ1n) is 4.96. The Labute approximate surface area is 104 Å². The lowest BCUT2D eigenvalue weighted by Gasteiger charge is -2.23. The number of aliphatic imine (C=N–C) groups is 1. The fraction of sp³-hybridized carbons (Fsp3) is 0.364. The van der Waals surface area contributed by atoms with Gasteiger partial charge in [0.2, 0.25) is 0 Å². The van der Waals surface area contributed by atoms with Gasteiger partial charge >= 0.3 is 0 Å². The van der Waals surface area contributed by atoms with Crippen LogP contribution in [0.25, 0.3) is 0 Å². The fourth-order valence-electron chi connectivity index (χ4n) is 1.81. The fourth-order valence-corrected chi connectivity index (χ4v) is 3.56. The minimum Gasteiger partial charge on any atom is -0.292 e. The molecule has 2 rings (SSSR count). The molecule has 86 valence electrons. The molecular formula is C11H12BrNO2S. The molecule has 3 nitrogen and oxygen atoms in total. The Morgan fingerprint density at radius 2 is 2.12 bits per heavy atom. The van der Waals surface area contributed by atoms with Crippen LogP contribution in [-0.2, 0) is 9.84 Å². The van der Waals surface area contributed by atoms with Crippen LogP contribution in [0.3, 0.4) is 0 Å². The summed E-state index contributed by atoms with van der Waals surface area (Å²) in [6, 6.07) is 7.39. The second-order valence-corrected chi connectivity index (χ2v) is 6.93. The quantitative estimate of drug-likeness (QED) is 0.860. The maximum atomic E-state index is 11.8. The summed E-state index contributed by atoms with van der Waals surface area (Å²) in [7, 11) is -3.15. The second-order valence-electron chi connectivity index (χ2n) is 3.89. The largest absolute Gasteiger partial charge is 0.292 e. The van der Waals surface area contributed by atoms with E-state index in [1.54, 1.807) is 0 Å². The topological polar surface area (TPSA) is 46.5 Å². The van der Waals surface area contributed by atoms with Crippen molar-refractivity contribution in [2.45, 2.75) is 11.7 Å². The normalized spacial score (nSPS) is 17.5. The Morgan fingerprint density at radius 1 is 1.44 bits per heavy atom. The minimum absolute atomic E-state index is 0.571. The van der Waals surface area contributed by atoms with Crippen molar-refractivity contribution in [3.63, 3.8) is 0 Å². The molecule has 1 atom stereocenters. The Balaban J connectivity index is 2.48. The molecular weight excluding hydrogens is 290 g/mol. The van der Waals surface area contributed by atoms with Gasteiger partial charge in [-0.3, -0.25) is 4.99 Å². The summed E-state index contributed by atoms with van der Waals surface area (Å²) >= 11 is 3.35. The van der Waals surface area contributed by atoms with E-state index >= 15 is 0 Å². The summed E-state index contributed by atoms with van der Waals surface area (Å²) in [4.78, 5) is 4.16. The SMILES string of the molecule is CS(=O)(=O)C(C1=NCC1)c1cccc(Br)c1. The summed E-state index contributed by atoms with van der Waals surface area (Å²) in [6.45, 7) is 0.745. The molecule has 0 N–H and O–H groups in total. The molecule has 1 aliphatic rings. The highest BCUT2D eigenvalue weighted by molar-refractivity contribution is 9.10. The molecule has 0 amide bonds. The zero-order valence-electron chi connectivity index (χ0n) is 8.85. The van der Waals surface area contributed by atoms with Gasteiger partial charge in [-0.2, -0.15) is 0 Å². The highest BCUT2D eigenvalue weighted by Gasteiger charge is 2.30. The van der Waals surface area contributed by atoms with E-state index in [2.05, 4.69) is 20.9 Å². The second kappa shape index (κ2) is 4.30. The number of nitrogens with zero attached hydrogens (tertiary/aromatic N) is 1. The van der Waals surface area contributed by atoms with E-state index in [-0.39, 0.29) is 0 Å². The lowest BCUT2D eigenvalue weighted by atomic mass is 10.0. The van der Waals surface area contributed by atoms with Crippen LogP contribution in [0.2, 0.25) is 0 Å². The highest BCUT2D eigenvalue weighted by Crippen LogP contribution is 2.29. The van der Waals surface area contributed by atoms with Gasteiger partial charge in [0, 0.05) is 29.4 Å². The highest BCUT2D eigenvalue weighted by atomic mass is 79.9. The summed E-state index contributed by atoms with van der Waals surface area (Å²) in [6.07, 6.45) is 2.05. The van der Waals surface area contributed by atoms with E-state index in [0.29, 0.717) is 0 Å². The van der Waals surface area contributed by atoms with Crippen molar-refractivity contribution in [1.82, 2.24) is 0 Å². The van der Waals surface area contributed by atoms with Crippen LogP contribution < -0.4 is 0 Å². The Bertz CT molecular complexity index is 537. The van der Waals surface area contributed by atoms with Crippen molar-refractivity contribution >= 4 is 31.5 Å². The molecule has 1 aliphatic heterocycles. The van der Waals surface area contributed by atoms with Crippen LogP contribution in [0, 0.1) is 0 Å². The molecule has 0 fully saturated rings. The van der Waals surface area contributed by atoms with Gasteiger partial charge in [-0.05, 0) is 17.7 Å². The molecule has 1 aromatic rings. The lowest BCUT2D eigenvalue weighted by molar-refractivity contribution is 0.597. The number of benzene rings is 1. The van der Waals surface area contributed by atoms with E-state index in [9.17, 15) is 8.42 Å².